The van der Waals surface area contributed by atoms with Gasteiger partial charge in [0, 0.05) is 64.8 Å². The fourth-order valence-electron chi connectivity index (χ4n) is 8.70. The summed E-state index contributed by atoms with van der Waals surface area (Å²) in [6.07, 6.45) is -9.03. The first-order valence-electron chi connectivity index (χ1n) is 30.5. The van der Waals surface area contributed by atoms with Crippen molar-refractivity contribution >= 4 is 125 Å². The Kier molecular flexibility index (Phi) is 37.9. The summed E-state index contributed by atoms with van der Waals surface area (Å²) in [5, 5.41) is 87.9. The first-order valence-corrected chi connectivity index (χ1v) is 31.1. The number of nitrogens with one attached hydrogen (secondary N) is 13. The molecule has 1 unspecified atom stereocenters. The van der Waals surface area contributed by atoms with Gasteiger partial charge < -0.3 is 111 Å². The zero-order valence-electron chi connectivity index (χ0n) is 54.8. The average molecular weight is 1430 g/mol. The number of benzene rings is 1. The van der Waals surface area contributed by atoms with Crippen molar-refractivity contribution in [3.8, 4) is 5.75 Å². The molecule has 0 saturated carbocycles. The number of amides is 15. The fourth-order valence-corrected chi connectivity index (χ4v) is 8.96. The summed E-state index contributed by atoms with van der Waals surface area (Å²) in [7, 11) is 0. The van der Waals surface area contributed by atoms with Crippen LogP contribution in [0.5, 0.6) is 5.75 Å². The first kappa shape index (κ1) is 86.3. The molecule has 550 valence electrons. The van der Waals surface area contributed by atoms with Crippen molar-refractivity contribution in [2.45, 2.75) is 185 Å². The van der Waals surface area contributed by atoms with E-state index in [1.807, 2.05) is 0 Å². The molecule has 0 aliphatic heterocycles. The van der Waals surface area contributed by atoms with Crippen LogP contribution in [0.25, 0.3) is 0 Å². The van der Waals surface area contributed by atoms with Crippen molar-refractivity contribution in [2.75, 3.05) is 18.8 Å². The van der Waals surface area contributed by atoms with Crippen molar-refractivity contribution in [1.29, 1.82) is 0 Å². The van der Waals surface area contributed by atoms with E-state index >= 15 is 0 Å². The summed E-state index contributed by atoms with van der Waals surface area (Å²) in [6.45, 7) is 6.92. The Hall–Kier alpha value is -10.7. The number of aliphatic carboxylic acids is 4. The average Bonchev–Trinajstić information content (AvgIpc) is 0.876. The fraction of sp³-hybridized carbons (Fsp3) is 0.569. The highest BCUT2D eigenvalue weighted by atomic mass is 32.1. The van der Waals surface area contributed by atoms with Crippen LogP contribution in [0, 0.1) is 5.92 Å². The number of phenols is 1. The van der Waals surface area contributed by atoms with Crippen LogP contribution >= 0.6 is 12.6 Å². The van der Waals surface area contributed by atoms with Crippen molar-refractivity contribution in [1.82, 2.24) is 69.1 Å². The first-order chi connectivity index (χ1) is 46.1. The molecule has 1 aromatic carbocycles. The van der Waals surface area contributed by atoms with E-state index in [1.165, 1.54) is 52.0 Å². The molecular formula is C58H87N15O25S. The number of aliphatic hydroxyl groups excluding tert-OH is 1. The van der Waals surface area contributed by atoms with Crippen molar-refractivity contribution < 1.29 is 122 Å². The molecule has 0 aliphatic carbocycles. The minimum absolute atomic E-state index is 0.00394. The highest BCUT2D eigenvalue weighted by Crippen LogP contribution is 2.14. The third-order valence-electron chi connectivity index (χ3n) is 14.0. The molecule has 1 aromatic rings. The van der Waals surface area contributed by atoms with Gasteiger partial charge in [-0.2, -0.15) is 12.6 Å². The van der Waals surface area contributed by atoms with Crippen LogP contribution in [-0.2, 0) is 97.5 Å². The normalized spacial score (nSPS) is 14.5. The molecule has 40 nitrogen and oxygen atoms in total. The molecule has 99 heavy (non-hydrogen) atoms. The number of carbonyl (C=O) groups excluding carboxylic acids is 15. The molecule has 0 aliphatic rings. The van der Waals surface area contributed by atoms with Gasteiger partial charge in [0.15, 0.2) is 0 Å². The van der Waals surface area contributed by atoms with Gasteiger partial charge in [-0.25, -0.2) is 0 Å². The molecule has 1 rings (SSSR count). The van der Waals surface area contributed by atoms with E-state index in [9.17, 15) is 122 Å². The summed E-state index contributed by atoms with van der Waals surface area (Å²) in [4.78, 5) is 243. The SMILES string of the molecule is CC(=O)NCC(NC(C)=O)C(=O)NCCCC(=O)N[C@@H](C)C(=O)N[C@@H](CCC(N)=O)C(=O)N[C@@H](CC(=O)O)C(=O)N[C@@H](CCC(=O)O)C(=O)N[C@@H](CS)C(=O)N[C@@H](CC(=O)O)C(=O)N[C@H](C(=O)N[C@H](C(=O)N[C@@H](CCC(=O)O)C(=O)N[C@@H](Cc1ccc(O)cc1)C(N)=O)[C@@H](C)O)C(C)C. The Morgan fingerprint density at radius 1 is 0.434 bits per heavy atom. The number of carbonyl (C=O) groups is 19. The van der Waals surface area contributed by atoms with Gasteiger partial charge in [0.2, 0.25) is 88.6 Å². The highest BCUT2D eigenvalue weighted by Gasteiger charge is 2.38. The molecule has 15 amide bonds. The zero-order valence-corrected chi connectivity index (χ0v) is 55.7. The maximum Gasteiger partial charge on any atom is 0.305 e. The Morgan fingerprint density at radius 2 is 0.848 bits per heavy atom. The van der Waals surface area contributed by atoms with Crippen LogP contribution in [0.1, 0.15) is 111 Å². The summed E-state index contributed by atoms with van der Waals surface area (Å²) >= 11 is 4.04. The van der Waals surface area contributed by atoms with Crippen LogP contribution in [0.2, 0.25) is 0 Å². The largest absolute Gasteiger partial charge is 0.508 e. The summed E-state index contributed by atoms with van der Waals surface area (Å²) in [6, 6.07) is -14.1. The number of aromatic hydroxyl groups is 1. The van der Waals surface area contributed by atoms with Crippen molar-refractivity contribution in [3.05, 3.63) is 29.8 Å². The summed E-state index contributed by atoms with van der Waals surface area (Å²) < 4.78 is 0. The number of thiol groups is 1. The van der Waals surface area contributed by atoms with E-state index in [2.05, 4.69) is 81.7 Å². The van der Waals surface area contributed by atoms with Crippen LogP contribution < -0.4 is 80.6 Å². The van der Waals surface area contributed by atoms with E-state index in [-0.39, 0.29) is 38.1 Å². The van der Waals surface area contributed by atoms with Gasteiger partial charge in [-0.05, 0) is 63.1 Å². The number of aliphatic hydroxyl groups is 1. The molecule has 0 aromatic heterocycles. The van der Waals surface area contributed by atoms with Crippen LogP contribution in [0.4, 0.5) is 0 Å². The van der Waals surface area contributed by atoms with Gasteiger partial charge in [-0.3, -0.25) is 91.1 Å². The summed E-state index contributed by atoms with van der Waals surface area (Å²) in [5.74, 6) is -24.4. The molecule has 12 atom stereocenters. The van der Waals surface area contributed by atoms with Gasteiger partial charge in [0.1, 0.15) is 72.2 Å². The monoisotopic (exact) mass is 1430 g/mol. The predicted molar refractivity (Wildman–Crippen MR) is 342 cm³/mol. The third-order valence-corrected chi connectivity index (χ3v) is 14.3. The lowest BCUT2D eigenvalue weighted by Crippen LogP contribution is -2.62. The second-order valence-electron chi connectivity index (χ2n) is 22.8. The minimum Gasteiger partial charge on any atom is -0.508 e. The standard InChI is InChI=1S/C58H87N15O25S/c1-25(2)46(57(97)73-47(27(4)74)58(98)67-34(15-18-43(82)83)51(91)68-35(48(60)88)20-30-9-11-31(77)12-10-30)72-55(95)37(22-45(86)87)70-56(96)39(24-99)71-53(93)33(14-17-42(80)81)66-54(94)36(21-44(84)85)69-52(92)32(13-16-40(59)78)65-49(89)26(3)63-41(79)8-7-19-61-50(90)38(64-29(6)76)23-62-28(5)75/h9-12,25-27,32-39,46-47,74,77,99H,7-8,13-24H2,1-6H3,(H2,59,78)(H2,60,88)(H,61,90)(H,62,75)(H,63,79)(H,64,76)(H,65,89)(H,66,94)(H,67,98)(H,68,91)(H,69,92)(H,70,96)(H,71,93)(H,72,95)(H,73,97)(H,80,81)(H,82,83)(H,84,85)(H,86,87)/t26-,27+,32-,33-,34-,35-,36-,37-,38?,39-,46-,47-/m0/s1. The number of hydrogen-bond donors (Lipinski definition) is 22. The van der Waals surface area contributed by atoms with Gasteiger partial charge >= 0.3 is 23.9 Å². The number of carboxylic acid groups (broad SMARTS) is 4. The number of hydrogen-bond acceptors (Lipinski definition) is 22. The van der Waals surface area contributed by atoms with Crippen molar-refractivity contribution in [3.63, 3.8) is 0 Å². The van der Waals surface area contributed by atoms with Gasteiger partial charge in [-0.1, -0.05) is 26.0 Å². The molecule has 23 N–H and O–H groups in total. The second kappa shape index (κ2) is 43.4. The molecule has 0 fully saturated rings. The molecule has 0 saturated heterocycles. The van der Waals surface area contributed by atoms with Gasteiger partial charge in [0.25, 0.3) is 0 Å². The van der Waals surface area contributed by atoms with Gasteiger partial charge in [0.05, 0.1) is 18.9 Å². The third kappa shape index (κ3) is 34.2. The van der Waals surface area contributed by atoms with E-state index in [1.54, 1.807) is 0 Å². The maximum absolute atomic E-state index is 13.9. The van der Waals surface area contributed by atoms with E-state index < -0.39 is 248 Å². The molecule has 41 heteroatoms. The number of rotatable bonds is 46. The molecule has 0 radical (unpaired) electrons. The topological polar surface area (TPSA) is 654 Å². The number of carboxylic acids is 4. The smallest absolute Gasteiger partial charge is 0.305 e. The Bertz CT molecular complexity index is 3120. The lowest BCUT2D eigenvalue weighted by molar-refractivity contribution is -0.142. The number of nitrogens with two attached hydrogens (primary N) is 2. The number of phenolic OH excluding ortho intramolecular Hbond substituents is 1. The Labute approximate surface area is 570 Å². The zero-order chi connectivity index (χ0) is 75.6. The highest BCUT2D eigenvalue weighted by molar-refractivity contribution is 7.80. The Morgan fingerprint density at radius 3 is 1.28 bits per heavy atom. The lowest BCUT2D eigenvalue weighted by atomic mass is 10.0. The Balaban J connectivity index is 3.36. The van der Waals surface area contributed by atoms with Crippen LogP contribution in [0.3, 0.4) is 0 Å². The summed E-state index contributed by atoms with van der Waals surface area (Å²) in [5.41, 5.74) is 11.2. The quantitative estimate of drug-likeness (QED) is 0.0213. The maximum atomic E-state index is 13.9. The van der Waals surface area contributed by atoms with Gasteiger partial charge in [-0.15, -0.1) is 0 Å². The van der Waals surface area contributed by atoms with Crippen molar-refractivity contribution in [2.24, 2.45) is 17.4 Å². The molecule has 0 heterocycles. The molecule has 0 spiro atoms. The van der Waals surface area contributed by atoms with E-state index in [4.69, 9.17) is 11.5 Å². The molecule has 0 bridgehead atoms. The molecular weight excluding hydrogens is 1340 g/mol. The lowest BCUT2D eigenvalue weighted by Gasteiger charge is -2.29. The minimum atomic E-state index is -2.17. The number of primary amides is 2. The predicted octanol–water partition coefficient (Wildman–Crippen LogP) is -8.26. The van der Waals surface area contributed by atoms with E-state index in [0.717, 1.165) is 13.8 Å². The van der Waals surface area contributed by atoms with Crippen LogP contribution in [0.15, 0.2) is 24.3 Å². The second-order valence-corrected chi connectivity index (χ2v) is 23.1. The van der Waals surface area contributed by atoms with Crippen LogP contribution in [-0.4, -0.2) is 235 Å². The van der Waals surface area contributed by atoms with E-state index in [0.29, 0.717) is 5.56 Å².